The maximum atomic E-state index is 11.9. The van der Waals surface area contributed by atoms with Crippen LogP contribution in [0.4, 0.5) is 0 Å². The maximum absolute atomic E-state index is 11.9. The van der Waals surface area contributed by atoms with Gasteiger partial charge in [0.2, 0.25) is 10.0 Å². The summed E-state index contributed by atoms with van der Waals surface area (Å²) >= 11 is 0. The van der Waals surface area contributed by atoms with Gasteiger partial charge >= 0.3 is 5.97 Å². The molecular formula is C14H19NO6S. The molecule has 8 heteroatoms. The minimum atomic E-state index is -4.06. The van der Waals surface area contributed by atoms with Crippen LogP contribution in [0.3, 0.4) is 0 Å². The molecule has 0 atom stereocenters. The number of sulfonamides is 1. The summed E-state index contributed by atoms with van der Waals surface area (Å²) < 4.78 is 32.7. The van der Waals surface area contributed by atoms with Gasteiger partial charge in [0.25, 0.3) is 0 Å². The lowest BCUT2D eigenvalue weighted by molar-refractivity contribution is -0.129. The Hall–Kier alpha value is -1.93. The van der Waals surface area contributed by atoms with Gasteiger partial charge in [0.05, 0.1) is 12.7 Å². The van der Waals surface area contributed by atoms with E-state index in [4.69, 9.17) is 14.6 Å². The summed E-state index contributed by atoms with van der Waals surface area (Å²) in [6.07, 6.45) is 0. The predicted molar refractivity (Wildman–Crippen MR) is 79.1 cm³/mol. The fourth-order valence-electron chi connectivity index (χ4n) is 1.46. The van der Waals surface area contributed by atoms with E-state index in [9.17, 15) is 18.0 Å². The van der Waals surface area contributed by atoms with Gasteiger partial charge in [-0.2, -0.15) is 0 Å². The number of benzene rings is 1. The largest absolute Gasteiger partial charge is 0.495 e. The van der Waals surface area contributed by atoms with Crippen LogP contribution in [0.5, 0.6) is 5.75 Å². The third kappa shape index (κ3) is 4.54. The van der Waals surface area contributed by atoms with E-state index in [1.54, 1.807) is 20.8 Å². The van der Waals surface area contributed by atoms with Gasteiger partial charge in [0.1, 0.15) is 10.6 Å². The highest BCUT2D eigenvalue weighted by molar-refractivity contribution is 7.89. The number of hydrogen-bond donors (Lipinski definition) is 1. The van der Waals surface area contributed by atoms with E-state index in [-0.39, 0.29) is 28.6 Å². The summed E-state index contributed by atoms with van der Waals surface area (Å²) in [7, 11) is -2.77. The molecule has 122 valence electrons. The van der Waals surface area contributed by atoms with Crippen molar-refractivity contribution in [2.45, 2.75) is 25.7 Å². The van der Waals surface area contributed by atoms with Crippen molar-refractivity contribution in [1.82, 2.24) is 0 Å². The van der Waals surface area contributed by atoms with Crippen molar-refractivity contribution < 1.29 is 27.5 Å². The average molecular weight is 329 g/mol. The SMILES string of the molecule is COc1ccc(C(=O)OCC(=O)C(C)(C)C)cc1S(N)(=O)=O. The molecule has 0 aliphatic heterocycles. The van der Waals surface area contributed by atoms with Crippen molar-refractivity contribution in [3.63, 3.8) is 0 Å². The van der Waals surface area contributed by atoms with Crippen LogP contribution < -0.4 is 9.88 Å². The van der Waals surface area contributed by atoms with Gasteiger partial charge in [-0.3, -0.25) is 4.79 Å². The van der Waals surface area contributed by atoms with E-state index >= 15 is 0 Å². The molecule has 1 aromatic carbocycles. The van der Waals surface area contributed by atoms with Crippen LogP contribution in [0.1, 0.15) is 31.1 Å². The van der Waals surface area contributed by atoms with Crippen LogP contribution in [0.15, 0.2) is 23.1 Å². The Morgan fingerprint density at radius 1 is 1.23 bits per heavy atom. The summed E-state index contributed by atoms with van der Waals surface area (Å²) in [6, 6.07) is 3.68. The number of Topliss-reactive ketones (excluding diaryl/α,β-unsaturated/α-hetero) is 1. The number of hydrogen-bond acceptors (Lipinski definition) is 6. The van der Waals surface area contributed by atoms with Crippen molar-refractivity contribution in [2.75, 3.05) is 13.7 Å². The highest BCUT2D eigenvalue weighted by Crippen LogP contribution is 2.24. The van der Waals surface area contributed by atoms with Crippen LogP contribution in [0.25, 0.3) is 0 Å². The number of primary sulfonamides is 1. The minimum Gasteiger partial charge on any atom is -0.495 e. The summed E-state index contributed by atoms with van der Waals surface area (Å²) in [5.41, 5.74) is -0.669. The predicted octanol–water partition coefficient (Wildman–Crippen LogP) is 1.11. The van der Waals surface area contributed by atoms with E-state index in [0.29, 0.717) is 0 Å². The molecule has 0 fully saturated rings. The molecule has 2 N–H and O–H groups in total. The van der Waals surface area contributed by atoms with E-state index in [1.807, 2.05) is 0 Å². The fraction of sp³-hybridized carbons (Fsp3) is 0.429. The number of rotatable bonds is 5. The number of ketones is 1. The first kappa shape index (κ1) is 18.1. The number of carbonyl (C=O) groups excluding carboxylic acids is 2. The number of methoxy groups -OCH3 is 1. The summed E-state index contributed by atoms with van der Waals surface area (Å²) in [6.45, 7) is 4.72. The molecule has 0 radical (unpaired) electrons. The van der Waals surface area contributed by atoms with E-state index in [0.717, 1.165) is 6.07 Å². The number of ether oxygens (including phenoxy) is 2. The van der Waals surface area contributed by atoms with Crippen molar-refractivity contribution in [2.24, 2.45) is 10.6 Å². The normalized spacial score (nSPS) is 11.9. The van der Waals surface area contributed by atoms with Gasteiger partial charge in [0.15, 0.2) is 12.4 Å². The zero-order valence-electron chi connectivity index (χ0n) is 12.9. The molecule has 0 aliphatic carbocycles. The number of carbonyl (C=O) groups is 2. The van der Waals surface area contributed by atoms with Gasteiger partial charge < -0.3 is 9.47 Å². The second kappa shape index (κ2) is 6.45. The standard InChI is InChI=1S/C14H19NO6S/c1-14(2,3)12(16)8-21-13(17)9-5-6-10(20-4)11(7-9)22(15,18)19/h5-7H,8H2,1-4H3,(H2,15,18,19). The zero-order chi connectivity index (χ0) is 17.1. The number of esters is 1. The Labute approximate surface area is 129 Å². The lowest BCUT2D eigenvalue weighted by Crippen LogP contribution is -2.26. The van der Waals surface area contributed by atoms with Crippen LogP contribution in [-0.2, 0) is 19.6 Å². The molecule has 7 nitrogen and oxygen atoms in total. The van der Waals surface area contributed by atoms with E-state index in [2.05, 4.69) is 0 Å². The fourth-order valence-corrected chi connectivity index (χ4v) is 2.18. The van der Waals surface area contributed by atoms with E-state index < -0.39 is 21.4 Å². The Morgan fingerprint density at radius 3 is 2.27 bits per heavy atom. The maximum Gasteiger partial charge on any atom is 0.338 e. The highest BCUT2D eigenvalue weighted by Gasteiger charge is 2.24. The Morgan fingerprint density at radius 2 is 1.82 bits per heavy atom. The van der Waals surface area contributed by atoms with Gasteiger partial charge in [-0.05, 0) is 18.2 Å². The smallest absolute Gasteiger partial charge is 0.338 e. The average Bonchev–Trinajstić information content (AvgIpc) is 2.41. The van der Waals surface area contributed by atoms with E-state index in [1.165, 1.54) is 19.2 Å². The molecule has 0 amide bonds. The first-order valence-electron chi connectivity index (χ1n) is 6.38. The molecule has 22 heavy (non-hydrogen) atoms. The van der Waals surface area contributed by atoms with Gasteiger partial charge in [-0.15, -0.1) is 0 Å². The van der Waals surface area contributed by atoms with Crippen LogP contribution >= 0.6 is 0 Å². The Balaban J connectivity index is 2.99. The Kier molecular flexibility index (Phi) is 5.31. The molecule has 0 unspecified atom stereocenters. The quantitative estimate of drug-likeness (QED) is 0.810. The Bertz CT molecular complexity index is 688. The molecule has 0 bridgehead atoms. The molecule has 1 rings (SSSR count). The third-order valence-electron chi connectivity index (χ3n) is 2.88. The third-order valence-corrected chi connectivity index (χ3v) is 3.81. The van der Waals surface area contributed by atoms with Crippen molar-refractivity contribution >= 4 is 21.8 Å². The summed E-state index contributed by atoms with van der Waals surface area (Å²) in [5.74, 6) is -1.05. The molecule has 0 saturated carbocycles. The second-order valence-corrected chi connectivity index (χ2v) is 7.19. The molecular weight excluding hydrogens is 310 g/mol. The van der Waals surface area contributed by atoms with Crippen molar-refractivity contribution in [3.8, 4) is 5.75 Å². The van der Waals surface area contributed by atoms with Gasteiger partial charge in [-0.25, -0.2) is 18.4 Å². The topological polar surface area (TPSA) is 113 Å². The second-order valence-electron chi connectivity index (χ2n) is 5.66. The lowest BCUT2D eigenvalue weighted by atomic mass is 9.91. The van der Waals surface area contributed by atoms with Gasteiger partial charge in [0, 0.05) is 5.41 Å². The summed E-state index contributed by atoms with van der Waals surface area (Å²) in [5, 5.41) is 5.07. The van der Waals surface area contributed by atoms with Crippen LogP contribution in [0, 0.1) is 5.41 Å². The monoisotopic (exact) mass is 329 g/mol. The summed E-state index contributed by atoms with van der Waals surface area (Å²) in [4.78, 5) is 23.3. The molecule has 0 spiro atoms. The first-order valence-corrected chi connectivity index (χ1v) is 7.92. The highest BCUT2D eigenvalue weighted by atomic mass is 32.2. The molecule has 0 aliphatic rings. The molecule has 1 aromatic rings. The molecule has 0 aromatic heterocycles. The minimum absolute atomic E-state index is 0.0183. The first-order chi connectivity index (χ1) is 9.96. The van der Waals surface area contributed by atoms with Gasteiger partial charge in [-0.1, -0.05) is 20.8 Å². The molecule has 0 heterocycles. The van der Waals surface area contributed by atoms with Crippen molar-refractivity contribution in [3.05, 3.63) is 23.8 Å². The van der Waals surface area contributed by atoms with Crippen LogP contribution in [-0.4, -0.2) is 33.9 Å². The lowest BCUT2D eigenvalue weighted by Gasteiger charge is -2.16. The van der Waals surface area contributed by atoms with Crippen LogP contribution in [0.2, 0.25) is 0 Å². The number of nitrogens with two attached hydrogens (primary N) is 1. The molecule has 0 saturated heterocycles. The zero-order valence-corrected chi connectivity index (χ0v) is 13.7. The van der Waals surface area contributed by atoms with Crippen molar-refractivity contribution in [1.29, 1.82) is 0 Å².